The van der Waals surface area contributed by atoms with Gasteiger partial charge < -0.3 is 10.1 Å². The number of ether oxygens (including phenoxy) is 1. The van der Waals surface area contributed by atoms with E-state index in [1.54, 1.807) is 0 Å². The van der Waals surface area contributed by atoms with Gasteiger partial charge in [-0.05, 0) is 61.3 Å². The fourth-order valence-electron chi connectivity index (χ4n) is 1.20. The molecule has 1 aromatic rings. The molecule has 0 aliphatic rings. The van der Waals surface area contributed by atoms with Crippen LogP contribution >= 0.6 is 15.9 Å². The summed E-state index contributed by atoms with van der Waals surface area (Å²) in [5.74, 6) is -0.147. The molecule has 1 N–H and O–H groups in total. The number of carbonyl (C=O) groups excluding carboxylic acids is 1. The summed E-state index contributed by atoms with van der Waals surface area (Å²) in [7, 11) is 0. The average Bonchev–Trinajstić information content (AvgIpc) is 2.20. The Hall–Kier alpha value is -0.870. The lowest BCUT2D eigenvalue weighted by atomic mass is 10.2. The van der Waals surface area contributed by atoms with Crippen molar-refractivity contribution >= 4 is 27.5 Å². The molecule has 1 amide bonds. The van der Waals surface area contributed by atoms with E-state index in [4.69, 9.17) is 4.74 Å². The first-order valence-electron chi connectivity index (χ1n) is 5.48. The van der Waals surface area contributed by atoms with Crippen LogP contribution in [-0.4, -0.2) is 18.1 Å². The Balaban J connectivity index is 2.59. The molecule has 17 heavy (non-hydrogen) atoms. The number of benzene rings is 1. The number of anilines is 1. The van der Waals surface area contributed by atoms with E-state index in [0.717, 1.165) is 15.7 Å². The molecule has 1 aromatic carbocycles. The van der Waals surface area contributed by atoms with Gasteiger partial charge in [-0.25, -0.2) is 0 Å². The Bertz CT molecular complexity index is 410. The number of nitrogens with one attached hydrogen (secondary N) is 1. The summed E-state index contributed by atoms with van der Waals surface area (Å²) in [6.45, 7) is 7.80. The highest BCUT2D eigenvalue weighted by atomic mass is 79.9. The van der Waals surface area contributed by atoms with Crippen molar-refractivity contribution in [2.45, 2.75) is 33.3 Å². The van der Waals surface area contributed by atoms with Crippen molar-refractivity contribution in [2.24, 2.45) is 0 Å². The van der Waals surface area contributed by atoms with Gasteiger partial charge in [0.15, 0.2) is 0 Å². The first kappa shape index (κ1) is 14.2. The highest BCUT2D eigenvalue weighted by molar-refractivity contribution is 9.10. The smallest absolute Gasteiger partial charge is 0.250 e. The Labute approximate surface area is 111 Å². The normalized spacial score (nSPS) is 11.4. The van der Waals surface area contributed by atoms with Crippen LogP contribution in [0.25, 0.3) is 0 Å². The second kappa shape index (κ2) is 5.65. The van der Waals surface area contributed by atoms with Crippen molar-refractivity contribution in [3.05, 3.63) is 28.2 Å². The van der Waals surface area contributed by atoms with Gasteiger partial charge >= 0.3 is 0 Å². The van der Waals surface area contributed by atoms with Crippen LogP contribution in [-0.2, 0) is 9.53 Å². The van der Waals surface area contributed by atoms with Crippen molar-refractivity contribution in [3.63, 3.8) is 0 Å². The van der Waals surface area contributed by atoms with Crippen molar-refractivity contribution in [3.8, 4) is 0 Å². The molecule has 0 bridgehead atoms. The third kappa shape index (κ3) is 5.33. The van der Waals surface area contributed by atoms with E-state index in [1.165, 1.54) is 0 Å². The molecule has 0 saturated heterocycles. The van der Waals surface area contributed by atoms with Crippen LogP contribution in [0.2, 0.25) is 0 Å². The van der Waals surface area contributed by atoms with Crippen molar-refractivity contribution < 1.29 is 9.53 Å². The third-order valence-electron chi connectivity index (χ3n) is 2.03. The second-order valence-electron chi connectivity index (χ2n) is 4.93. The van der Waals surface area contributed by atoms with Crippen LogP contribution in [0.3, 0.4) is 0 Å². The van der Waals surface area contributed by atoms with Gasteiger partial charge in [-0.15, -0.1) is 0 Å². The molecule has 0 radical (unpaired) electrons. The van der Waals surface area contributed by atoms with E-state index in [0.29, 0.717) is 0 Å². The minimum atomic E-state index is -0.304. The monoisotopic (exact) mass is 299 g/mol. The van der Waals surface area contributed by atoms with Gasteiger partial charge in [-0.3, -0.25) is 4.79 Å². The zero-order chi connectivity index (χ0) is 13.1. The van der Waals surface area contributed by atoms with E-state index in [9.17, 15) is 4.79 Å². The lowest BCUT2D eigenvalue weighted by Crippen LogP contribution is -2.27. The van der Waals surface area contributed by atoms with Gasteiger partial charge in [-0.2, -0.15) is 0 Å². The van der Waals surface area contributed by atoms with Gasteiger partial charge in [0, 0.05) is 4.47 Å². The first-order chi connectivity index (χ1) is 7.78. The molecule has 1 rings (SSSR count). The van der Waals surface area contributed by atoms with Gasteiger partial charge in [0.1, 0.15) is 6.61 Å². The van der Waals surface area contributed by atoms with Crippen molar-refractivity contribution in [1.29, 1.82) is 0 Å². The molecule has 3 nitrogen and oxygen atoms in total. The van der Waals surface area contributed by atoms with Gasteiger partial charge in [0.05, 0.1) is 11.3 Å². The lowest BCUT2D eigenvalue weighted by molar-refractivity contribution is -0.125. The summed E-state index contributed by atoms with van der Waals surface area (Å²) in [5, 5.41) is 2.81. The molecular formula is C13H18BrNO2. The lowest BCUT2D eigenvalue weighted by Gasteiger charge is -2.19. The van der Waals surface area contributed by atoms with Gasteiger partial charge in [0.25, 0.3) is 0 Å². The zero-order valence-electron chi connectivity index (χ0n) is 10.6. The number of carbonyl (C=O) groups is 1. The fraction of sp³-hybridized carbons (Fsp3) is 0.462. The maximum absolute atomic E-state index is 11.7. The first-order valence-corrected chi connectivity index (χ1v) is 6.27. The van der Waals surface area contributed by atoms with E-state index in [1.807, 2.05) is 45.9 Å². The van der Waals surface area contributed by atoms with Crippen LogP contribution < -0.4 is 5.32 Å². The maximum Gasteiger partial charge on any atom is 0.250 e. The molecular weight excluding hydrogens is 282 g/mol. The van der Waals surface area contributed by atoms with Crippen molar-refractivity contribution in [1.82, 2.24) is 0 Å². The molecule has 0 aromatic heterocycles. The van der Waals surface area contributed by atoms with Crippen molar-refractivity contribution in [2.75, 3.05) is 11.9 Å². The highest BCUT2D eigenvalue weighted by Gasteiger charge is 2.13. The Morgan fingerprint density at radius 1 is 1.41 bits per heavy atom. The topological polar surface area (TPSA) is 38.3 Å². The molecule has 0 unspecified atom stereocenters. The molecule has 0 atom stereocenters. The fourth-order valence-corrected chi connectivity index (χ4v) is 1.55. The van der Waals surface area contributed by atoms with E-state index >= 15 is 0 Å². The molecule has 0 fully saturated rings. The molecule has 0 aliphatic heterocycles. The Morgan fingerprint density at radius 3 is 2.65 bits per heavy atom. The highest BCUT2D eigenvalue weighted by Crippen LogP contribution is 2.23. The zero-order valence-corrected chi connectivity index (χ0v) is 12.2. The number of halogens is 1. The summed E-state index contributed by atoms with van der Waals surface area (Å²) in [5.41, 5.74) is 1.56. The largest absolute Gasteiger partial charge is 0.366 e. The van der Waals surface area contributed by atoms with Gasteiger partial charge in [0.2, 0.25) is 5.91 Å². The van der Waals surface area contributed by atoms with E-state index in [-0.39, 0.29) is 18.1 Å². The van der Waals surface area contributed by atoms with Crippen LogP contribution in [0.1, 0.15) is 26.3 Å². The third-order valence-corrected chi connectivity index (χ3v) is 2.72. The van der Waals surface area contributed by atoms with Crippen LogP contribution in [0.5, 0.6) is 0 Å². The number of rotatable bonds is 3. The van der Waals surface area contributed by atoms with Crippen LogP contribution in [0.4, 0.5) is 5.69 Å². The van der Waals surface area contributed by atoms with E-state index < -0.39 is 0 Å². The number of hydrogen-bond donors (Lipinski definition) is 1. The van der Waals surface area contributed by atoms with Gasteiger partial charge in [-0.1, -0.05) is 6.07 Å². The average molecular weight is 300 g/mol. The summed E-state index contributed by atoms with van der Waals surface area (Å²) < 4.78 is 6.27. The minimum absolute atomic E-state index is 0.0594. The predicted molar refractivity (Wildman–Crippen MR) is 73.2 cm³/mol. The number of hydrogen-bond acceptors (Lipinski definition) is 2. The minimum Gasteiger partial charge on any atom is -0.366 e. The van der Waals surface area contributed by atoms with Crippen LogP contribution in [0.15, 0.2) is 22.7 Å². The molecule has 0 aliphatic carbocycles. The molecule has 0 saturated carbocycles. The molecule has 94 valence electrons. The maximum atomic E-state index is 11.7. The molecule has 0 spiro atoms. The predicted octanol–water partition coefficient (Wildman–Crippen LogP) is 3.51. The number of amides is 1. The summed E-state index contributed by atoms with van der Waals surface area (Å²) in [6.07, 6.45) is 0. The quantitative estimate of drug-likeness (QED) is 0.927. The molecule has 0 heterocycles. The second-order valence-corrected chi connectivity index (χ2v) is 5.79. The summed E-state index contributed by atoms with van der Waals surface area (Å²) in [6, 6.07) is 5.81. The SMILES string of the molecule is Cc1ccc(Br)c(NC(=O)COC(C)(C)C)c1. The van der Waals surface area contributed by atoms with E-state index in [2.05, 4.69) is 21.2 Å². The number of aryl methyl sites for hydroxylation is 1. The Kier molecular flexibility index (Phi) is 4.71. The standard InChI is InChI=1S/C13H18BrNO2/c1-9-5-6-10(14)11(7-9)15-12(16)8-17-13(2,3)4/h5-7H,8H2,1-4H3,(H,15,16). The summed E-state index contributed by atoms with van der Waals surface area (Å²) >= 11 is 3.39. The van der Waals surface area contributed by atoms with Crippen LogP contribution in [0, 0.1) is 6.92 Å². The molecule has 4 heteroatoms. The summed E-state index contributed by atoms with van der Waals surface area (Å²) in [4.78, 5) is 11.7. The Morgan fingerprint density at radius 2 is 2.06 bits per heavy atom.